The van der Waals surface area contributed by atoms with Gasteiger partial charge in [-0.2, -0.15) is 0 Å². The molecule has 2 aliphatic rings. The van der Waals surface area contributed by atoms with E-state index in [1.54, 1.807) is 18.9 Å². The molecule has 1 aliphatic carbocycles. The van der Waals surface area contributed by atoms with Crippen molar-refractivity contribution >= 4 is 29.6 Å². The number of thioether (sulfide) groups is 1. The van der Waals surface area contributed by atoms with Crippen LogP contribution in [0, 0.1) is 5.92 Å². The number of methoxy groups -OCH3 is 1. The molecule has 0 saturated carbocycles. The maximum atomic E-state index is 12.8. The topological polar surface area (TPSA) is 89.3 Å². The normalized spacial score (nSPS) is 20.7. The van der Waals surface area contributed by atoms with Crippen LogP contribution in [0.15, 0.2) is 46.3 Å². The molecule has 2 heterocycles. The van der Waals surface area contributed by atoms with Crippen molar-refractivity contribution in [1.29, 1.82) is 0 Å². The third-order valence-corrected chi connectivity index (χ3v) is 7.09. The SMILES string of the molecule is COc1cccc(-c2ccc3c(c2)CC(C(=O)NC2NC(C)=C(SN)S2)C3)n1. The molecular weight excluding hydrogens is 392 g/mol. The number of hydrogen-bond acceptors (Lipinski definition) is 7. The molecule has 2 atom stereocenters. The van der Waals surface area contributed by atoms with Crippen LogP contribution in [0.25, 0.3) is 11.3 Å². The lowest BCUT2D eigenvalue weighted by molar-refractivity contribution is -0.125. The lowest BCUT2D eigenvalue weighted by Crippen LogP contribution is -2.43. The monoisotopic (exact) mass is 414 g/mol. The zero-order valence-corrected chi connectivity index (χ0v) is 17.3. The summed E-state index contributed by atoms with van der Waals surface area (Å²) in [5, 5.41) is 12.0. The van der Waals surface area contributed by atoms with Gasteiger partial charge in [0.15, 0.2) is 5.50 Å². The summed E-state index contributed by atoms with van der Waals surface area (Å²) in [6.45, 7) is 1.97. The molecule has 6 nitrogen and oxygen atoms in total. The van der Waals surface area contributed by atoms with Crippen LogP contribution in [-0.4, -0.2) is 23.5 Å². The number of carbonyl (C=O) groups is 1. The van der Waals surface area contributed by atoms with Crippen molar-refractivity contribution in [2.24, 2.45) is 11.1 Å². The molecule has 0 spiro atoms. The van der Waals surface area contributed by atoms with Gasteiger partial charge in [-0.1, -0.05) is 30.0 Å². The Labute approximate surface area is 172 Å². The molecule has 146 valence electrons. The van der Waals surface area contributed by atoms with E-state index in [-0.39, 0.29) is 17.3 Å². The van der Waals surface area contributed by atoms with Crippen molar-refractivity contribution in [2.75, 3.05) is 7.11 Å². The van der Waals surface area contributed by atoms with Gasteiger partial charge in [0.05, 0.1) is 17.0 Å². The lowest BCUT2D eigenvalue weighted by Gasteiger charge is -2.16. The molecule has 28 heavy (non-hydrogen) atoms. The molecule has 2 aromatic rings. The van der Waals surface area contributed by atoms with Crippen molar-refractivity contribution in [3.05, 3.63) is 57.5 Å². The van der Waals surface area contributed by atoms with Gasteiger partial charge in [0.1, 0.15) is 0 Å². The maximum absolute atomic E-state index is 12.8. The summed E-state index contributed by atoms with van der Waals surface area (Å²) in [5.41, 5.74) is 5.20. The summed E-state index contributed by atoms with van der Waals surface area (Å²) in [6.07, 6.45) is 1.50. The first kappa shape index (κ1) is 19.2. The summed E-state index contributed by atoms with van der Waals surface area (Å²) in [5.74, 6) is 0.606. The minimum Gasteiger partial charge on any atom is -0.481 e. The Bertz CT molecular complexity index is 948. The molecule has 0 saturated heterocycles. The van der Waals surface area contributed by atoms with Crippen LogP contribution < -0.4 is 20.5 Å². The predicted molar refractivity (Wildman–Crippen MR) is 114 cm³/mol. The third-order valence-electron chi connectivity index (χ3n) is 5.00. The van der Waals surface area contributed by atoms with Crippen LogP contribution in [0.4, 0.5) is 0 Å². The number of amides is 1. The van der Waals surface area contributed by atoms with E-state index < -0.39 is 0 Å². The number of allylic oxidation sites excluding steroid dienone is 1. The maximum Gasteiger partial charge on any atom is 0.226 e. The molecule has 2 unspecified atom stereocenters. The van der Waals surface area contributed by atoms with Crippen molar-refractivity contribution in [3.8, 4) is 17.1 Å². The third kappa shape index (κ3) is 3.85. The molecule has 0 bridgehead atoms. The molecule has 1 amide bonds. The van der Waals surface area contributed by atoms with Crippen LogP contribution in [0.2, 0.25) is 0 Å². The van der Waals surface area contributed by atoms with Crippen molar-refractivity contribution in [1.82, 2.24) is 15.6 Å². The Kier molecular flexibility index (Phi) is 5.52. The highest BCUT2D eigenvalue weighted by atomic mass is 32.2. The number of pyridine rings is 1. The number of nitrogens with zero attached hydrogens (tertiary/aromatic N) is 1. The molecule has 4 rings (SSSR count). The second kappa shape index (κ2) is 8.06. The zero-order chi connectivity index (χ0) is 19.7. The lowest BCUT2D eigenvalue weighted by atomic mass is 10.0. The fraction of sp³-hybridized carbons (Fsp3) is 0.300. The second-order valence-corrected chi connectivity index (χ2v) is 8.85. The quantitative estimate of drug-likeness (QED) is 0.648. The molecule has 4 N–H and O–H groups in total. The van der Waals surface area contributed by atoms with Gasteiger partial charge in [-0.15, -0.1) is 0 Å². The van der Waals surface area contributed by atoms with Gasteiger partial charge in [-0.3, -0.25) is 9.93 Å². The highest BCUT2D eigenvalue weighted by Gasteiger charge is 2.31. The van der Waals surface area contributed by atoms with Gasteiger partial charge < -0.3 is 15.4 Å². The highest BCUT2D eigenvalue weighted by Crippen LogP contribution is 2.35. The number of nitrogens with two attached hydrogens (primary N) is 1. The van der Waals surface area contributed by atoms with Gasteiger partial charge in [0.25, 0.3) is 0 Å². The number of rotatable bonds is 5. The van der Waals surface area contributed by atoms with Crippen molar-refractivity contribution < 1.29 is 9.53 Å². The van der Waals surface area contributed by atoms with Gasteiger partial charge in [-0.05, 0) is 55.0 Å². The summed E-state index contributed by atoms with van der Waals surface area (Å²) in [7, 11) is 1.61. The van der Waals surface area contributed by atoms with E-state index in [0.717, 1.165) is 34.0 Å². The molecule has 8 heteroatoms. The first-order valence-electron chi connectivity index (χ1n) is 9.02. The van der Waals surface area contributed by atoms with E-state index in [1.165, 1.54) is 23.1 Å². The smallest absolute Gasteiger partial charge is 0.226 e. The zero-order valence-electron chi connectivity index (χ0n) is 15.7. The van der Waals surface area contributed by atoms with Gasteiger partial charge in [0.2, 0.25) is 11.8 Å². The van der Waals surface area contributed by atoms with Crippen LogP contribution in [0.5, 0.6) is 5.88 Å². The Balaban J connectivity index is 1.43. The largest absolute Gasteiger partial charge is 0.481 e. The molecule has 1 aliphatic heterocycles. The van der Waals surface area contributed by atoms with Crippen LogP contribution in [0.1, 0.15) is 18.1 Å². The number of hydrogen-bond donors (Lipinski definition) is 3. The average Bonchev–Trinajstić information content (AvgIpc) is 3.30. The molecule has 1 aromatic carbocycles. The summed E-state index contributed by atoms with van der Waals surface area (Å²) in [6, 6.07) is 12.0. The first-order valence-corrected chi connectivity index (χ1v) is 10.8. The summed E-state index contributed by atoms with van der Waals surface area (Å²) < 4.78 is 6.23. The number of aromatic nitrogens is 1. The molecule has 1 aromatic heterocycles. The Hall–Kier alpha value is -2.16. The highest BCUT2D eigenvalue weighted by molar-refractivity contribution is 8.21. The summed E-state index contributed by atoms with van der Waals surface area (Å²) >= 11 is 2.76. The molecule has 0 radical (unpaired) electrons. The van der Waals surface area contributed by atoms with E-state index in [0.29, 0.717) is 5.88 Å². The van der Waals surface area contributed by atoms with Gasteiger partial charge in [-0.25, -0.2) is 4.98 Å². The van der Waals surface area contributed by atoms with Crippen LogP contribution in [-0.2, 0) is 17.6 Å². The van der Waals surface area contributed by atoms with Crippen molar-refractivity contribution in [2.45, 2.75) is 25.3 Å². The van der Waals surface area contributed by atoms with E-state index in [2.05, 4.69) is 33.8 Å². The summed E-state index contributed by atoms with van der Waals surface area (Å²) in [4.78, 5) is 17.3. The van der Waals surface area contributed by atoms with E-state index in [4.69, 9.17) is 9.88 Å². The van der Waals surface area contributed by atoms with Gasteiger partial charge in [0, 0.05) is 23.2 Å². The first-order chi connectivity index (χ1) is 13.6. The van der Waals surface area contributed by atoms with Crippen molar-refractivity contribution in [3.63, 3.8) is 0 Å². The number of ether oxygens (including phenoxy) is 1. The Morgan fingerprint density at radius 2 is 2.14 bits per heavy atom. The van der Waals surface area contributed by atoms with Crippen LogP contribution in [0.3, 0.4) is 0 Å². The minimum atomic E-state index is -0.154. The number of nitrogens with one attached hydrogen (secondary N) is 2. The number of benzene rings is 1. The van der Waals surface area contributed by atoms with E-state index in [9.17, 15) is 4.79 Å². The minimum absolute atomic E-state index is 0.0548. The van der Waals surface area contributed by atoms with E-state index in [1.807, 2.05) is 25.1 Å². The standard InChI is InChI=1S/C20H22N4O2S2/c1-11-19(28-21)27-20(22-11)24-18(25)15-8-12-6-7-13(9-14(12)10-15)16-4-3-5-17(23-16)26-2/h3-7,9,15,20,22H,8,10,21H2,1-2H3,(H,24,25). The van der Waals surface area contributed by atoms with E-state index >= 15 is 0 Å². The number of carbonyl (C=O) groups excluding carboxylic acids is 1. The predicted octanol–water partition coefficient (Wildman–Crippen LogP) is 3.00. The van der Waals surface area contributed by atoms with Crippen LogP contribution >= 0.6 is 23.7 Å². The average molecular weight is 415 g/mol. The fourth-order valence-corrected chi connectivity index (χ4v) is 5.17. The Morgan fingerprint density at radius 3 is 2.89 bits per heavy atom. The second-order valence-electron chi connectivity index (χ2n) is 6.83. The molecular formula is C20H22N4O2S2. The fourth-order valence-electron chi connectivity index (χ4n) is 3.56. The van der Waals surface area contributed by atoms with Gasteiger partial charge >= 0.3 is 0 Å². The molecule has 0 fully saturated rings. The Morgan fingerprint density at radius 1 is 1.32 bits per heavy atom. The number of fused-ring (bicyclic) bond motifs is 1.